The van der Waals surface area contributed by atoms with Gasteiger partial charge in [-0.2, -0.15) is 10.2 Å². The number of benzene rings is 1. The molecule has 0 bridgehead atoms. The number of amides is 1. The molecule has 0 spiro atoms. The second-order valence-corrected chi connectivity index (χ2v) is 3.74. The van der Waals surface area contributed by atoms with Crippen LogP contribution < -0.4 is 5.32 Å². The summed E-state index contributed by atoms with van der Waals surface area (Å²) in [6, 6.07) is 5.61. The Morgan fingerprint density at radius 2 is 2.20 bits per heavy atom. The molecule has 1 aromatic heterocycles. The molecule has 0 unspecified atom stereocenters. The fraction of sp³-hybridized carbons (Fsp3) is 0.0714. The van der Waals surface area contributed by atoms with Gasteiger partial charge < -0.3 is 10.4 Å². The molecule has 1 amide bonds. The fourth-order valence-electron chi connectivity index (χ4n) is 1.46. The minimum absolute atomic E-state index is 0.155. The summed E-state index contributed by atoms with van der Waals surface area (Å²) in [6.45, 7) is -0.340. The molecule has 20 heavy (non-hydrogen) atoms. The third-order valence-electron chi connectivity index (χ3n) is 2.38. The number of halogens is 1. The number of aliphatic hydroxyl groups excluding tert-OH is 1. The Balaban J connectivity index is 2.15. The van der Waals surface area contributed by atoms with Gasteiger partial charge in [0.1, 0.15) is 12.4 Å². The van der Waals surface area contributed by atoms with Gasteiger partial charge in [-0.15, -0.1) is 0 Å². The van der Waals surface area contributed by atoms with Crippen LogP contribution in [0.3, 0.4) is 0 Å². The van der Waals surface area contributed by atoms with Crippen LogP contribution in [0.1, 0.15) is 15.9 Å². The molecule has 5 nitrogen and oxygen atoms in total. The van der Waals surface area contributed by atoms with Crippen LogP contribution in [0.4, 0.5) is 10.1 Å². The summed E-state index contributed by atoms with van der Waals surface area (Å²) in [5.74, 6) is 3.84. The summed E-state index contributed by atoms with van der Waals surface area (Å²) in [5.41, 5.74) is 0.783. The maximum atomic E-state index is 13.7. The molecule has 0 fully saturated rings. The second-order valence-electron chi connectivity index (χ2n) is 3.74. The van der Waals surface area contributed by atoms with E-state index in [0.29, 0.717) is 11.3 Å². The molecule has 100 valence electrons. The average molecular weight is 271 g/mol. The van der Waals surface area contributed by atoms with Crippen LogP contribution >= 0.6 is 0 Å². The molecule has 2 aromatic rings. The normalized spacial score (nSPS) is 9.50. The van der Waals surface area contributed by atoms with Crippen molar-refractivity contribution in [2.24, 2.45) is 0 Å². The number of carbonyl (C=O) groups excluding carboxylic acids is 1. The minimum Gasteiger partial charge on any atom is -0.384 e. The van der Waals surface area contributed by atoms with Crippen LogP contribution in [-0.2, 0) is 0 Å². The Hall–Kier alpha value is -2.78. The number of carbonyl (C=O) groups is 1. The van der Waals surface area contributed by atoms with E-state index in [1.165, 1.54) is 30.6 Å². The van der Waals surface area contributed by atoms with E-state index in [1.54, 1.807) is 0 Å². The number of hydrogen-bond acceptors (Lipinski definition) is 4. The average Bonchev–Trinajstić information content (AvgIpc) is 2.47. The largest absolute Gasteiger partial charge is 0.384 e. The molecule has 1 aromatic carbocycles. The summed E-state index contributed by atoms with van der Waals surface area (Å²) >= 11 is 0. The second kappa shape index (κ2) is 6.41. The summed E-state index contributed by atoms with van der Waals surface area (Å²) < 4.78 is 13.7. The van der Waals surface area contributed by atoms with E-state index in [1.807, 2.05) is 0 Å². The predicted octanol–water partition coefficient (Wildman–Crippen LogP) is 1.21. The van der Waals surface area contributed by atoms with Gasteiger partial charge in [-0.25, -0.2) is 4.39 Å². The van der Waals surface area contributed by atoms with E-state index >= 15 is 0 Å². The van der Waals surface area contributed by atoms with Crippen LogP contribution in [0, 0.1) is 17.7 Å². The lowest BCUT2D eigenvalue weighted by atomic mass is 10.2. The molecule has 0 radical (unpaired) electrons. The Kier molecular flexibility index (Phi) is 4.37. The number of nitrogens with zero attached hydrogens (tertiary/aromatic N) is 2. The number of anilines is 1. The first kappa shape index (κ1) is 13.6. The summed E-state index contributed by atoms with van der Waals surface area (Å²) in [6.07, 6.45) is 2.70. The van der Waals surface area contributed by atoms with Gasteiger partial charge in [-0.3, -0.25) is 4.79 Å². The van der Waals surface area contributed by atoms with Crippen molar-refractivity contribution in [3.05, 3.63) is 53.6 Å². The van der Waals surface area contributed by atoms with E-state index in [9.17, 15) is 9.18 Å². The Labute approximate surface area is 114 Å². The highest BCUT2D eigenvalue weighted by Gasteiger charge is 2.07. The maximum Gasteiger partial charge on any atom is 0.257 e. The molecular formula is C14H10FN3O2. The van der Waals surface area contributed by atoms with Crippen LogP contribution in [0.2, 0.25) is 0 Å². The van der Waals surface area contributed by atoms with Gasteiger partial charge in [0.15, 0.2) is 0 Å². The summed E-state index contributed by atoms with van der Waals surface area (Å²) in [4.78, 5) is 11.8. The van der Waals surface area contributed by atoms with E-state index in [0.717, 1.165) is 6.07 Å². The third kappa shape index (κ3) is 3.37. The Morgan fingerprint density at radius 1 is 1.35 bits per heavy atom. The first-order valence-corrected chi connectivity index (χ1v) is 5.68. The maximum absolute atomic E-state index is 13.7. The SMILES string of the molecule is O=C(Nc1ccc(C#CCO)c(F)c1)c1ccnnc1. The lowest BCUT2D eigenvalue weighted by Crippen LogP contribution is -2.12. The van der Waals surface area contributed by atoms with Crippen molar-refractivity contribution in [1.29, 1.82) is 0 Å². The van der Waals surface area contributed by atoms with E-state index in [-0.39, 0.29) is 12.2 Å². The molecule has 6 heteroatoms. The van der Waals surface area contributed by atoms with E-state index in [4.69, 9.17) is 5.11 Å². The van der Waals surface area contributed by atoms with Crippen LogP contribution in [0.25, 0.3) is 0 Å². The predicted molar refractivity (Wildman–Crippen MR) is 70.3 cm³/mol. The van der Waals surface area contributed by atoms with E-state index in [2.05, 4.69) is 27.4 Å². The van der Waals surface area contributed by atoms with Gasteiger partial charge >= 0.3 is 0 Å². The minimum atomic E-state index is -0.573. The molecule has 2 N–H and O–H groups in total. The molecule has 2 rings (SSSR count). The van der Waals surface area contributed by atoms with Gasteiger partial charge in [-0.1, -0.05) is 11.8 Å². The molecule has 0 aliphatic heterocycles. The molecule has 0 saturated heterocycles. The zero-order valence-corrected chi connectivity index (χ0v) is 10.3. The van der Waals surface area contributed by atoms with Gasteiger partial charge in [0, 0.05) is 5.69 Å². The molecule has 0 saturated carbocycles. The van der Waals surface area contributed by atoms with Gasteiger partial charge in [-0.05, 0) is 24.3 Å². The summed E-state index contributed by atoms with van der Waals surface area (Å²) in [5, 5.41) is 18.2. The van der Waals surface area contributed by atoms with Crippen molar-refractivity contribution in [2.45, 2.75) is 0 Å². The molecular weight excluding hydrogens is 261 g/mol. The highest BCUT2D eigenvalue weighted by Crippen LogP contribution is 2.14. The molecule has 0 atom stereocenters. The van der Waals surface area contributed by atoms with Gasteiger partial charge in [0.2, 0.25) is 0 Å². The fourth-order valence-corrected chi connectivity index (χ4v) is 1.46. The molecule has 1 heterocycles. The lowest BCUT2D eigenvalue weighted by Gasteiger charge is -2.05. The lowest BCUT2D eigenvalue weighted by molar-refractivity contribution is 0.102. The van der Waals surface area contributed by atoms with Crippen LogP contribution in [0.5, 0.6) is 0 Å². The number of rotatable bonds is 2. The van der Waals surface area contributed by atoms with Crippen LogP contribution in [0.15, 0.2) is 36.7 Å². The van der Waals surface area contributed by atoms with Gasteiger partial charge in [0.05, 0.1) is 23.5 Å². The number of aliphatic hydroxyl groups is 1. The zero-order valence-electron chi connectivity index (χ0n) is 10.3. The third-order valence-corrected chi connectivity index (χ3v) is 2.38. The monoisotopic (exact) mass is 271 g/mol. The Bertz CT molecular complexity index is 678. The smallest absolute Gasteiger partial charge is 0.257 e. The van der Waals surface area contributed by atoms with Gasteiger partial charge in [0.25, 0.3) is 5.91 Å². The van der Waals surface area contributed by atoms with Crippen molar-refractivity contribution in [3.8, 4) is 11.8 Å². The number of nitrogens with one attached hydrogen (secondary N) is 1. The highest BCUT2D eigenvalue weighted by molar-refractivity contribution is 6.03. The standard InChI is InChI=1S/C14H10FN3O2/c15-13-8-12(4-3-10(13)2-1-7-19)18-14(20)11-5-6-16-17-9-11/h3-6,8-9,19H,7H2,(H,18,20). The zero-order chi connectivity index (χ0) is 14.4. The van der Waals surface area contributed by atoms with Crippen molar-refractivity contribution >= 4 is 11.6 Å². The number of aromatic nitrogens is 2. The van der Waals surface area contributed by atoms with Crippen molar-refractivity contribution in [2.75, 3.05) is 11.9 Å². The van der Waals surface area contributed by atoms with Crippen molar-refractivity contribution < 1.29 is 14.3 Å². The topological polar surface area (TPSA) is 75.1 Å². The quantitative estimate of drug-likeness (QED) is 0.805. The Morgan fingerprint density at radius 3 is 2.85 bits per heavy atom. The molecule has 0 aliphatic rings. The van der Waals surface area contributed by atoms with Crippen LogP contribution in [-0.4, -0.2) is 27.8 Å². The highest BCUT2D eigenvalue weighted by atomic mass is 19.1. The first-order chi connectivity index (χ1) is 9.70. The van der Waals surface area contributed by atoms with E-state index < -0.39 is 11.7 Å². The molecule has 0 aliphatic carbocycles. The number of hydrogen-bond donors (Lipinski definition) is 2. The van der Waals surface area contributed by atoms with Crippen molar-refractivity contribution in [3.63, 3.8) is 0 Å². The summed E-state index contributed by atoms with van der Waals surface area (Å²) in [7, 11) is 0. The van der Waals surface area contributed by atoms with Crippen molar-refractivity contribution in [1.82, 2.24) is 10.2 Å². The first-order valence-electron chi connectivity index (χ1n) is 5.68.